The fraction of sp³-hybridized carbons (Fsp3) is 0.105. The van der Waals surface area contributed by atoms with Gasteiger partial charge in [-0.2, -0.15) is 0 Å². The summed E-state index contributed by atoms with van der Waals surface area (Å²) in [6.07, 6.45) is 0.340. The van der Waals surface area contributed by atoms with Crippen LogP contribution in [0.4, 0.5) is 5.69 Å². The number of carbonyl (C=O) groups excluding carboxylic acids is 1. The molecule has 0 saturated heterocycles. The summed E-state index contributed by atoms with van der Waals surface area (Å²) < 4.78 is 0. The number of hydrogen-bond acceptors (Lipinski definition) is 1. The molecule has 0 heterocycles. The van der Waals surface area contributed by atoms with E-state index in [9.17, 15) is 4.79 Å². The zero-order valence-electron chi connectivity index (χ0n) is 12.3. The van der Waals surface area contributed by atoms with Crippen molar-refractivity contribution in [2.75, 3.05) is 5.32 Å². The van der Waals surface area contributed by atoms with E-state index in [0.717, 1.165) is 27.6 Å². The number of nitrogens with one attached hydrogen (secondary N) is 1. The van der Waals surface area contributed by atoms with Crippen LogP contribution >= 0.6 is 11.6 Å². The molecule has 22 heavy (non-hydrogen) atoms. The standard InChI is InChI=1S/C19H16ClNO/c1-13-9-10-16(12-18(13)20)21-19(22)11-15-7-4-6-14-5-2-3-8-17(14)15/h2-10,12H,11H2,1H3,(H,21,22). The molecular weight excluding hydrogens is 294 g/mol. The van der Waals surface area contributed by atoms with E-state index in [2.05, 4.69) is 17.4 Å². The van der Waals surface area contributed by atoms with Crippen LogP contribution < -0.4 is 5.32 Å². The van der Waals surface area contributed by atoms with Crippen LogP contribution in [0.25, 0.3) is 10.8 Å². The van der Waals surface area contributed by atoms with Crippen LogP contribution in [0.2, 0.25) is 5.02 Å². The number of fused-ring (bicyclic) bond motifs is 1. The topological polar surface area (TPSA) is 29.1 Å². The maximum Gasteiger partial charge on any atom is 0.228 e. The Morgan fingerprint density at radius 3 is 2.64 bits per heavy atom. The second-order valence-electron chi connectivity index (χ2n) is 5.33. The summed E-state index contributed by atoms with van der Waals surface area (Å²) in [6, 6.07) is 19.6. The SMILES string of the molecule is Cc1ccc(NC(=O)Cc2cccc3ccccc23)cc1Cl. The molecule has 0 aliphatic rings. The molecule has 1 amide bonds. The van der Waals surface area contributed by atoms with Gasteiger partial charge in [-0.15, -0.1) is 0 Å². The highest BCUT2D eigenvalue weighted by molar-refractivity contribution is 6.31. The summed E-state index contributed by atoms with van der Waals surface area (Å²) >= 11 is 6.08. The van der Waals surface area contributed by atoms with Gasteiger partial charge in [-0.3, -0.25) is 4.79 Å². The monoisotopic (exact) mass is 309 g/mol. The maximum atomic E-state index is 12.3. The third-order valence-electron chi connectivity index (χ3n) is 3.69. The summed E-state index contributed by atoms with van der Waals surface area (Å²) in [7, 11) is 0. The van der Waals surface area contributed by atoms with Crippen LogP contribution in [0.3, 0.4) is 0 Å². The van der Waals surface area contributed by atoms with E-state index < -0.39 is 0 Å². The van der Waals surface area contributed by atoms with E-state index in [-0.39, 0.29) is 5.91 Å². The van der Waals surface area contributed by atoms with E-state index in [1.165, 1.54) is 0 Å². The predicted molar refractivity (Wildman–Crippen MR) is 92.5 cm³/mol. The molecule has 0 aliphatic carbocycles. The van der Waals surface area contributed by atoms with Crippen molar-refractivity contribution < 1.29 is 4.79 Å². The van der Waals surface area contributed by atoms with Crippen LogP contribution in [0, 0.1) is 6.92 Å². The molecule has 0 spiro atoms. The number of hydrogen-bond donors (Lipinski definition) is 1. The Morgan fingerprint density at radius 1 is 1.05 bits per heavy atom. The summed E-state index contributed by atoms with van der Waals surface area (Å²) in [6.45, 7) is 1.93. The third kappa shape index (κ3) is 3.12. The summed E-state index contributed by atoms with van der Waals surface area (Å²) in [5, 5.41) is 5.81. The van der Waals surface area contributed by atoms with E-state index in [4.69, 9.17) is 11.6 Å². The number of rotatable bonds is 3. The van der Waals surface area contributed by atoms with E-state index in [0.29, 0.717) is 11.4 Å². The molecule has 1 N–H and O–H groups in total. The molecule has 3 aromatic rings. The molecule has 3 rings (SSSR count). The first-order valence-electron chi connectivity index (χ1n) is 7.16. The lowest BCUT2D eigenvalue weighted by Gasteiger charge is -2.09. The fourth-order valence-electron chi connectivity index (χ4n) is 2.50. The first-order valence-corrected chi connectivity index (χ1v) is 7.54. The van der Waals surface area contributed by atoms with E-state index in [1.54, 1.807) is 6.07 Å². The minimum Gasteiger partial charge on any atom is -0.326 e. The van der Waals surface area contributed by atoms with Crippen molar-refractivity contribution >= 4 is 34.0 Å². The quantitative estimate of drug-likeness (QED) is 0.726. The van der Waals surface area contributed by atoms with Gasteiger partial charge in [-0.05, 0) is 41.0 Å². The zero-order valence-corrected chi connectivity index (χ0v) is 13.0. The fourth-order valence-corrected chi connectivity index (χ4v) is 2.68. The number of anilines is 1. The Bertz CT molecular complexity index is 836. The maximum absolute atomic E-state index is 12.3. The average Bonchev–Trinajstić information content (AvgIpc) is 2.51. The van der Waals surface area contributed by atoms with Crippen molar-refractivity contribution in [3.8, 4) is 0 Å². The summed E-state index contributed by atoms with van der Waals surface area (Å²) in [5.74, 6) is -0.0451. The minimum absolute atomic E-state index is 0.0451. The first kappa shape index (κ1) is 14.6. The van der Waals surface area contributed by atoms with Crippen LogP contribution in [-0.2, 0) is 11.2 Å². The van der Waals surface area contributed by atoms with Gasteiger partial charge in [-0.25, -0.2) is 0 Å². The smallest absolute Gasteiger partial charge is 0.228 e. The number of amides is 1. The van der Waals surface area contributed by atoms with Gasteiger partial charge in [0.25, 0.3) is 0 Å². The molecule has 110 valence electrons. The zero-order chi connectivity index (χ0) is 15.5. The molecule has 0 aromatic heterocycles. The van der Waals surface area contributed by atoms with Gasteiger partial charge in [0, 0.05) is 10.7 Å². The van der Waals surface area contributed by atoms with E-state index in [1.807, 2.05) is 49.4 Å². The minimum atomic E-state index is -0.0451. The van der Waals surface area contributed by atoms with Gasteiger partial charge in [0.1, 0.15) is 0 Å². The lowest BCUT2D eigenvalue weighted by molar-refractivity contribution is -0.115. The van der Waals surface area contributed by atoms with Crippen LogP contribution in [0.5, 0.6) is 0 Å². The Kier molecular flexibility index (Phi) is 4.12. The number of aryl methyl sites for hydroxylation is 1. The molecule has 0 aliphatic heterocycles. The number of benzene rings is 3. The van der Waals surface area contributed by atoms with Crippen molar-refractivity contribution in [2.45, 2.75) is 13.3 Å². The number of halogens is 1. The number of carbonyl (C=O) groups is 1. The highest BCUT2D eigenvalue weighted by Gasteiger charge is 2.08. The molecule has 0 radical (unpaired) electrons. The lowest BCUT2D eigenvalue weighted by Crippen LogP contribution is -2.14. The second kappa shape index (κ2) is 6.20. The Hall–Kier alpha value is -2.32. The largest absolute Gasteiger partial charge is 0.326 e. The van der Waals surface area contributed by atoms with Crippen molar-refractivity contribution in [3.63, 3.8) is 0 Å². The molecule has 0 saturated carbocycles. The van der Waals surface area contributed by atoms with Gasteiger partial charge in [0.2, 0.25) is 5.91 Å². The molecule has 3 aromatic carbocycles. The Balaban J connectivity index is 1.80. The third-order valence-corrected chi connectivity index (χ3v) is 4.09. The van der Waals surface area contributed by atoms with Gasteiger partial charge in [0.15, 0.2) is 0 Å². The molecule has 0 unspecified atom stereocenters. The molecule has 3 heteroatoms. The molecule has 0 atom stereocenters. The predicted octanol–water partition coefficient (Wildman–Crippen LogP) is 4.98. The van der Waals surface area contributed by atoms with Crippen molar-refractivity contribution in [2.24, 2.45) is 0 Å². The van der Waals surface area contributed by atoms with Crippen LogP contribution in [-0.4, -0.2) is 5.91 Å². The summed E-state index contributed by atoms with van der Waals surface area (Å²) in [4.78, 5) is 12.3. The lowest BCUT2D eigenvalue weighted by atomic mass is 10.0. The summed E-state index contributed by atoms with van der Waals surface area (Å²) in [5.41, 5.74) is 2.74. The Morgan fingerprint density at radius 2 is 1.82 bits per heavy atom. The molecule has 0 fully saturated rings. The van der Waals surface area contributed by atoms with Gasteiger partial charge in [0.05, 0.1) is 6.42 Å². The molecule has 2 nitrogen and oxygen atoms in total. The van der Waals surface area contributed by atoms with Crippen molar-refractivity contribution in [1.82, 2.24) is 0 Å². The van der Waals surface area contributed by atoms with Gasteiger partial charge < -0.3 is 5.32 Å². The van der Waals surface area contributed by atoms with Crippen molar-refractivity contribution in [1.29, 1.82) is 0 Å². The van der Waals surface area contributed by atoms with Crippen molar-refractivity contribution in [3.05, 3.63) is 76.8 Å². The highest BCUT2D eigenvalue weighted by Crippen LogP contribution is 2.22. The van der Waals surface area contributed by atoms with E-state index >= 15 is 0 Å². The average molecular weight is 310 g/mol. The first-order chi connectivity index (χ1) is 10.6. The highest BCUT2D eigenvalue weighted by atomic mass is 35.5. The normalized spacial score (nSPS) is 10.6. The molecular formula is C19H16ClNO. The van der Waals surface area contributed by atoms with Crippen LogP contribution in [0.15, 0.2) is 60.7 Å². The Labute approximate surface area is 134 Å². The molecule has 0 bridgehead atoms. The second-order valence-corrected chi connectivity index (χ2v) is 5.73. The van der Waals surface area contributed by atoms with Gasteiger partial charge in [-0.1, -0.05) is 60.1 Å². The van der Waals surface area contributed by atoms with Crippen LogP contribution in [0.1, 0.15) is 11.1 Å². The van der Waals surface area contributed by atoms with Gasteiger partial charge >= 0.3 is 0 Å².